The van der Waals surface area contributed by atoms with Crippen molar-refractivity contribution in [3.05, 3.63) is 59.4 Å². The molecule has 0 bridgehead atoms. The van der Waals surface area contributed by atoms with Gasteiger partial charge in [-0.05, 0) is 48.4 Å². The maximum atomic E-state index is 13.1. The Morgan fingerprint density at radius 2 is 2.05 bits per heavy atom. The lowest BCUT2D eigenvalue weighted by Crippen LogP contribution is -2.14. The Kier molecular flexibility index (Phi) is 3.80. The fraction of sp³-hybridized carbons (Fsp3) is 0.133. The molecule has 0 aliphatic rings. The van der Waals surface area contributed by atoms with E-state index in [0.29, 0.717) is 16.9 Å². The van der Waals surface area contributed by atoms with Crippen molar-refractivity contribution in [3.8, 4) is 0 Å². The van der Waals surface area contributed by atoms with Crippen molar-refractivity contribution in [1.29, 1.82) is 0 Å². The quantitative estimate of drug-likeness (QED) is 0.832. The number of hydrogen-bond donors (Lipinski definition) is 2. The highest BCUT2D eigenvalue weighted by Crippen LogP contribution is 2.14. The summed E-state index contributed by atoms with van der Waals surface area (Å²) < 4.78 is 13.1. The van der Waals surface area contributed by atoms with Crippen LogP contribution in [0, 0.1) is 12.7 Å². The fourth-order valence-corrected chi connectivity index (χ4v) is 1.82. The number of carbonyl (C=O) groups is 1. The second kappa shape index (κ2) is 5.52. The van der Waals surface area contributed by atoms with Crippen molar-refractivity contribution >= 4 is 17.3 Å². The number of halogens is 1. The molecule has 0 saturated heterocycles. The van der Waals surface area contributed by atoms with E-state index in [1.54, 1.807) is 37.3 Å². The van der Waals surface area contributed by atoms with Crippen LogP contribution in [-0.2, 0) is 11.2 Å². The summed E-state index contributed by atoms with van der Waals surface area (Å²) in [6.07, 6.45) is 0.238. The van der Waals surface area contributed by atoms with Crippen LogP contribution in [0.15, 0.2) is 42.5 Å². The van der Waals surface area contributed by atoms with E-state index < -0.39 is 0 Å². The van der Waals surface area contributed by atoms with E-state index in [9.17, 15) is 9.18 Å². The summed E-state index contributed by atoms with van der Waals surface area (Å²) in [5.74, 6) is -0.439. The van der Waals surface area contributed by atoms with Gasteiger partial charge >= 0.3 is 0 Å². The van der Waals surface area contributed by atoms with E-state index in [1.807, 2.05) is 6.07 Å². The Morgan fingerprint density at radius 1 is 1.26 bits per heavy atom. The topological polar surface area (TPSA) is 55.1 Å². The van der Waals surface area contributed by atoms with Crippen LogP contribution in [0.3, 0.4) is 0 Å². The molecule has 0 saturated carbocycles. The van der Waals surface area contributed by atoms with Gasteiger partial charge in [-0.15, -0.1) is 0 Å². The lowest BCUT2D eigenvalue weighted by molar-refractivity contribution is -0.115. The number of benzene rings is 2. The number of nitrogens with one attached hydrogen (secondary N) is 1. The molecule has 3 nitrogen and oxygen atoms in total. The third-order valence-electron chi connectivity index (χ3n) is 2.76. The van der Waals surface area contributed by atoms with E-state index >= 15 is 0 Å². The predicted molar refractivity (Wildman–Crippen MR) is 74.3 cm³/mol. The number of carbonyl (C=O) groups excluding carboxylic acids is 1. The number of hydrogen-bond acceptors (Lipinski definition) is 2. The first-order valence-electron chi connectivity index (χ1n) is 5.95. The molecule has 0 heterocycles. The molecule has 0 unspecified atom stereocenters. The minimum atomic E-state index is -0.283. The predicted octanol–water partition coefficient (Wildman–Crippen LogP) is 2.90. The number of aryl methyl sites for hydroxylation is 1. The van der Waals surface area contributed by atoms with E-state index in [2.05, 4.69) is 5.32 Å². The molecule has 3 N–H and O–H groups in total. The van der Waals surface area contributed by atoms with Gasteiger partial charge in [0.15, 0.2) is 0 Å². The van der Waals surface area contributed by atoms with Gasteiger partial charge in [0.2, 0.25) is 5.91 Å². The van der Waals surface area contributed by atoms with Gasteiger partial charge in [0.25, 0.3) is 0 Å². The zero-order chi connectivity index (χ0) is 13.8. The highest BCUT2D eigenvalue weighted by molar-refractivity contribution is 5.92. The van der Waals surface area contributed by atoms with Crippen LogP contribution in [0.1, 0.15) is 11.1 Å². The van der Waals surface area contributed by atoms with Crippen LogP contribution >= 0.6 is 0 Å². The normalized spacial score (nSPS) is 10.2. The summed E-state index contributed by atoms with van der Waals surface area (Å²) in [5.41, 5.74) is 8.21. The molecule has 2 aromatic rings. The number of nitrogens with two attached hydrogens (primary N) is 1. The largest absolute Gasteiger partial charge is 0.399 e. The molecule has 1 amide bonds. The highest BCUT2D eigenvalue weighted by Gasteiger charge is 2.05. The van der Waals surface area contributed by atoms with Gasteiger partial charge < -0.3 is 11.1 Å². The van der Waals surface area contributed by atoms with E-state index in [-0.39, 0.29) is 18.1 Å². The molecule has 0 aliphatic heterocycles. The fourth-order valence-electron chi connectivity index (χ4n) is 1.82. The van der Waals surface area contributed by atoms with Gasteiger partial charge in [0.05, 0.1) is 6.42 Å². The standard InChI is InChI=1S/C15H15FN2O/c1-10-7-13(5-6-14(10)16)18-15(19)9-11-3-2-4-12(17)8-11/h2-8H,9,17H2,1H3,(H,18,19). The summed E-state index contributed by atoms with van der Waals surface area (Å²) in [7, 11) is 0. The molecule has 0 radical (unpaired) electrons. The third-order valence-corrected chi connectivity index (χ3v) is 2.76. The molecular weight excluding hydrogens is 243 g/mol. The Hall–Kier alpha value is -2.36. The SMILES string of the molecule is Cc1cc(NC(=O)Cc2cccc(N)c2)ccc1F. The number of rotatable bonds is 3. The minimum absolute atomic E-state index is 0.156. The number of anilines is 2. The second-order valence-corrected chi connectivity index (χ2v) is 4.43. The molecule has 2 rings (SSSR count). The zero-order valence-corrected chi connectivity index (χ0v) is 10.6. The van der Waals surface area contributed by atoms with Crippen molar-refractivity contribution in [2.75, 3.05) is 11.1 Å². The van der Waals surface area contributed by atoms with Crippen molar-refractivity contribution in [1.82, 2.24) is 0 Å². The summed E-state index contributed by atoms with van der Waals surface area (Å²) >= 11 is 0. The van der Waals surface area contributed by atoms with Gasteiger partial charge in [-0.2, -0.15) is 0 Å². The molecule has 0 atom stereocenters. The summed E-state index contributed by atoms with van der Waals surface area (Å²) in [5, 5.41) is 2.73. The lowest BCUT2D eigenvalue weighted by atomic mass is 10.1. The third kappa shape index (κ3) is 3.55. The molecule has 4 heteroatoms. The first kappa shape index (κ1) is 13.1. The number of amides is 1. The molecule has 2 aromatic carbocycles. The molecule has 0 fully saturated rings. The average Bonchev–Trinajstić information content (AvgIpc) is 2.34. The number of nitrogen functional groups attached to an aromatic ring is 1. The summed E-state index contributed by atoms with van der Waals surface area (Å²) in [4.78, 5) is 11.8. The van der Waals surface area contributed by atoms with E-state index in [1.165, 1.54) is 6.07 Å². The summed E-state index contributed by atoms with van der Waals surface area (Å²) in [6.45, 7) is 1.66. The molecule has 0 aromatic heterocycles. The lowest BCUT2D eigenvalue weighted by Gasteiger charge is -2.07. The highest BCUT2D eigenvalue weighted by atomic mass is 19.1. The van der Waals surface area contributed by atoms with Gasteiger partial charge in [0, 0.05) is 11.4 Å². The van der Waals surface area contributed by atoms with Crippen LogP contribution in [-0.4, -0.2) is 5.91 Å². The van der Waals surface area contributed by atoms with Crippen molar-refractivity contribution < 1.29 is 9.18 Å². The van der Waals surface area contributed by atoms with Gasteiger partial charge in [-0.3, -0.25) is 4.79 Å². The first-order valence-corrected chi connectivity index (χ1v) is 5.95. The van der Waals surface area contributed by atoms with E-state index in [0.717, 1.165) is 5.56 Å². The van der Waals surface area contributed by atoms with Crippen molar-refractivity contribution in [3.63, 3.8) is 0 Å². The Morgan fingerprint density at radius 3 is 2.74 bits per heavy atom. The Labute approximate surface area is 111 Å². The molecule has 0 aliphatic carbocycles. The summed E-state index contributed by atoms with van der Waals surface area (Å²) in [6, 6.07) is 11.7. The Balaban J connectivity index is 2.03. The van der Waals surface area contributed by atoms with Crippen LogP contribution in [0.4, 0.5) is 15.8 Å². The van der Waals surface area contributed by atoms with Gasteiger partial charge in [-0.1, -0.05) is 12.1 Å². The smallest absolute Gasteiger partial charge is 0.228 e. The monoisotopic (exact) mass is 258 g/mol. The van der Waals surface area contributed by atoms with Crippen LogP contribution in [0.2, 0.25) is 0 Å². The first-order chi connectivity index (χ1) is 9.04. The molecular formula is C15H15FN2O. The van der Waals surface area contributed by atoms with Crippen LogP contribution < -0.4 is 11.1 Å². The van der Waals surface area contributed by atoms with Crippen LogP contribution in [0.5, 0.6) is 0 Å². The Bertz CT molecular complexity index is 611. The maximum Gasteiger partial charge on any atom is 0.228 e. The van der Waals surface area contributed by atoms with Gasteiger partial charge in [0.1, 0.15) is 5.82 Å². The second-order valence-electron chi connectivity index (χ2n) is 4.43. The molecule has 0 spiro atoms. The van der Waals surface area contributed by atoms with E-state index in [4.69, 9.17) is 5.73 Å². The maximum absolute atomic E-state index is 13.1. The van der Waals surface area contributed by atoms with Crippen molar-refractivity contribution in [2.45, 2.75) is 13.3 Å². The van der Waals surface area contributed by atoms with Crippen LogP contribution in [0.25, 0.3) is 0 Å². The molecule has 98 valence electrons. The minimum Gasteiger partial charge on any atom is -0.399 e. The zero-order valence-electron chi connectivity index (χ0n) is 10.6. The van der Waals surface area contributed by atoms with Crippen molar-refractivity contribution in [2.24, 2.45) is 0 Å². The average molecular weight is 258 g/mol. The van der Waals surface area contributed by atoms with Gasteiger partial charge in [-0.25, -0.2) is 4.39 Å². The molecule has 19 heavy (non-hydrogen) atoms.